The van der Waals surface area contributed by atoms with Crippen molar-refractivity contribution < 1.29 is 19.1 Å². The van der Waals surface area contributed by atoms with Crippen LogP contribution in [-0.4, -0.2) is 61.2 Å². The Morgan fingerprint density at radius 1 is 1.41 bits per heavy atom. The molecule has 1 aromatic carbocycles. The van der Waals surface area contributed by atoms with Crippen molar-refractivity contribution in [1.82, 2.24) is 15.2 Å². The third-order valence-electron chi connectivity index (χ3n) is 4.56. The minimum Gasteiger partial charge on any atom is -0.481 e. The molecule has 27 heavy (non-hydrogen) atoms. The lowest BCUT2D eigenvalue weighted by atomic mass is 10.1. The maximum Gasteiger partial charge on any atom is 0.236 e. The molecule has 8 heteroatoms. The molecule has 8 nitrogen and oxygen atoms in total. The summed E-state index contributed by atoms with van der Waals surface area (Å²) in [5, 5.41) is 3.57. The molecule has 0 aliphatic carbocycles. The highest BCUT2D eigenvalue weighted by Crippen LogP contribution is 2.25. The van der Waals surface area contributed by atoms with Gasteiger partial charge in [0.25, 0.3) is 0 Å². The average molecular weight is 372 g/mol. The number of nitrogens with one attached hydrogen (secondary N) is 1. The first-order valence-electron chi connectivity index (χ1n) is 8.86. The van der Waals surface area contributed by atoms with Crippen LogP contribution in [0.2, 0.25) is 0 Å². The van der Waals surface area contributed by atoms with Gasteiger partial charge < -0.3 is 20.5 Å². The molecule has 144 valence electrons. The van der Waals surface area contributed by atoms with Gasteiger partial charge in [0.05, 0.1) is 32.4 Å². The first-order valence-corrected chi connectivity index (χ1v) is 8.86. The lowest BCUT2D eigenvalue weighted by Gasteiger charge is -2.35. The number of nitrogens with two attached hydrogens (primary N) is 1. The Morgan fingerprint density at radius 2 is 2.22 bits per heavy atom. The topological polar surface area (TPSA) is 107 Å². The van der Waals surface area contributed by atoms with Crippen molar-refractivity contribution in [2.75, 3.05) is 33.4 Å². The van der Waals surface area contributed by atoms with Crippen LogP contribution in [0, 0.1) is 0 Å². The van der Waals surface area contributed by atoms with Crippen LogP contribution in [0.5, 0.6) is 5.88 Å². The number of morpholine rings is 1. The van der Waals surface area contributed by atoms with Crippen molar-refractivity contribution in [2.24, 2.45) is 5.73 Å². The molecule has 0 saturated carbocycles. The second-order valence-electron chi connectivity index (χ2n) is 6.50. The summed E-state index contributed by atoms with van der Waals surface area (Å²) in [6, 6.07) is 9.85. The molecule has 0 spiro atoms. The number of benzene rings is 1. The van der Waals surface area contributed by atoms with Crippen molar-refractivity contribution in [3.63, 3.8) is 0 Å². The molecule has 2 heterocycles. The van der Waals surface area contributed by atoms with E-state index >= 15 is 0 Å². The number of carbonyl (C=O) groups excluding carboxylic acids is 2. The summed E-state index contributed by atoms with van der Waals surface area (Å²) in [4.78, 5) is 29.7. The molecular weight excluding hydrogens is 348 g/mol. The number of para-hydroxylation sites is 1. The maximum absolute atomic E-state index is 12.1. The van der Waals surface area contributed by atoms with Crippen LogP contribution in [0.4, 0.5) is 0 Å². The van der Waals surface area contributed by atoms with Crippen LogP contribution in [0.15, 0.2) is 30.3 Å². The van der Waals surface area contributed by atoms with E-state index in [1.165, 1.54) is 0 Å². The molecule has 3 rings (SSSR count). The highest BCUT2D eigenvalue weighted by Gasteiger charge is 2.26. The van der Waals surface area contributed by atoms with E-state index in [-0.39, 0.29) is 24.9 Å². The van der Waals surface area contributed by atoms with Gasteiger partial charge in [-0.15, -0.1) is 0 Å². The Morgan fingerprint density at radius 3 is 3.00 bits per heavy atom. The summed E-state index contributed by atoms with van der Waals surface area (Å²) in [5.41, 5.74) is 6.91. The van der Waals surface area contributed by atoms with E-state index in [1.807, 2.05) is 24.3 Å². The summed E-state index contributed by atoms with van der Waals surface area (Å²) in [6.07, 6.45) is 0.233. The first-order chi connectivity index (χ1) is 13.1. The van der Waals surface area contributed by atoms with Gasteiger partial charge in [-0.25, -0.2) is 4.98 Å². The number of hydrogen-bond acceptors (Lipinski definition) is 6. The zero-order chi connectivity index (χ0) is 19.2. The second kappa shape index (κ2) is 8.79. The van der Waals surface area contributed by atoms with Gasteiger partial charge in [-0.3, -0.25) is 14.5 Å². The van der Waals surface area contributed by atoms with Gasteiger partial charge >= 0.3 is 0 Å². The number of hydrogen-bond donors (Lipinski definition) is 2. The summed E-state index contributed by atoms with van der Waals surface area (Å²) in [5.74, 6) is -0.206. The van der Waals surface area contributed by atoms with E-state index in [0.29, 0.717) is 32.2 Å². The van der Waals surface area contributed by atoms with Crippen LogP contribution in [0.1, 0.15) is 12.0 Å². The third kappa shape index (κ3) is 4.93. The number of pyridine rings is 1. The summed E-state index contributed by atoms with van der Waals surface area (Å²) >= 11 is 0. The van der Waals surface area contributed by atoms with E-state index in [1.54, 1.807) is 7.11 Å². The lowest BCUT2D eigenvalue weighted by Crippen LogP contribution is -2.47. The molecule has 0 radical (unpaired) electrons. The van der Waals surface area contributed by atoms with E-state index in [2.05, 4.69) is 21.3 Å². The number of rotatable bonds is 7. The van der Waals surface area contributed by atoms with Crippen LogP contribution < -0.4 is 15.8 Å². The first kappa shape index (κ1) is 19.1. The molecule has 1 aliphatic heterocycles. The van der Waals surface area contributed by atoms with E-state index in [0.717, 1.165) is 16.5 Å². The maximum atomic E-state index is 12.1. The SMILES string of the molecule is COc1nc2ccccc2cc1CN1CCOC[C@@H]1CC(=O)NCC(N)=O. The fourth-order valence-corrected chi connectivity index (χ4v) is 3.21. The van der Waals surface area contributed by atoms with Gasteiger partial charge in [0, 0.05) is 36.5 Å². The van der Waals surface area contributed by atoms with Crippen molar-refractivity contribution in [3.05, 3.63) is 35.9 Å². The fourth-order valence-electron chi connectivity index (χ4n) is 3.21. The van der Waals surface area contributed by atoms with Crippen LogP contribution in [0.25, 0.3) is 10.9 Å². The number of amides is 2. The van der Waals surface area contributed by atoms with Crippen LogP contribution in [-0.2, 0) is 20.9 Å². The van der Waals surface area contributed by atoms with Crippen LogP contribution >= 0.6 is 0 Å². The van der Waals surface area contributed by atoms with Gasteiger partial charge in [-0.2, -0.15) is 0 Å². The Balaban J connectivity index is 1.74. The fraction of sp³-hybridized carbons (Fsp3) is 0.421. The van der Waals surface area contributed by atoms with Crippen LogP contribution in [0.3, 0.4) is 0 Å². The van der Waals surface area contributed by atoms with Gasteiger partial charge in [0.1, 0.15) is 0 Å². The van der Waals surface area contributed by atoms with E-state index in [9.17, 15) is 9.59 Å². The third-order valence-corrected chi connectivity index (χ3v) is 4.56. The van der Waals surface area contributed by atoms with Gasteiger partial charge in [0.15, 0.2) is 0 Å². The quantitative estimate of drug-likeness (QED) is 0.730. The van der Waals surface area contributed by atoms with Crippen molar-refractivity contribution in [3.8, 4) is 5.88 Å². The molecule has 0 unspecified atom stereocenters. The number of aromatic nitrogens is 1. The Labute approximate surface area is 157 Å². The smallest absolute Gasteiger partial charge is 0.236 e. The minimum absolute atomic E-state index is 0.0946. The highest BCUT2D eigenvalue weighted by atomic mass is 16.5. The Hall–Kier alpha value is -2.71. The van der Waals surface area contributed by atoms with Gasteiger partial charge in [-0.05, 0) is 12.1 Å². The Kier molecular flexibility index (Phi) is 6.20. The second-order valence-corrected chi connectivity index (χ2v) is 6.50. The monoisotopic (exact) mass is 372 g/mol. The van der Waals surface area contributed by atoms with Crippen molar-refractivity contribution >= 4 is 22.7 Å². The molecule has 1 saturated heterocycles. The minimum atomic E-state index is -0.563. The summed E-state index contributed by atoms with van der Waals surface area (Å²) < 4.78 is 11.0. The van der Waals surface area contributed by atoms with Crippen molar-refractivity contribution in [1.29, 1.82) is 0 Å². The van der Waals surface area contributed by atoms with Gasteiger partial charge in [0.2, 0.25) is 17.7 Å². The number of primary amides is 1. The zero-order valence-electron chi connectivity index (χ0n) is 15.3. The summed E-state index contributed by atoms with van der Waals surface area (Å²) in [6.45, 7) is 2.19. The zero-order valence-corrected chi connectivity index (χ0v) is 15.3. The van der Waals surface area contributed by atoms with Crippen molar-refractivity contribution in [2.45, 2.75) is 19.0 Å². The summed E-state index contributed by atoms with van der Waals surface area (Å²) in [7, 11) is 1.61. The Bertz CT molecular complexity index is 826. The largest absolute Gasteiger partial charge is 0.481 e. The molecule has 1 fully saturated rings. The predicted octanol–water partition coefficient (Wildman–Crippen LogP) is 0.436. The standard InChI is InChI=1S/C19H24N4O4/c1-26-19-14(8-13-4-2-3-5-16(13)22-19)11-23-6-7-27-12-15(23)9-18(25)21-10-17(20)24/h2-5,8,15H,6-7,9-12H2,1H3,(H2,20,24)(H,21,25)/t15-/m0/s1. The number of nitrogens with zero attached hydrogens (tertiary/aromatic N) is 2. The van der Waals surface area contributed by atoms with Gasteiger partial charge in [-0.1, -0.05) is 18.2 Å². The molecule has 1 aliphatic rings. The average Bonchev–Trinajstić information content (AvgIpc) is 2.67. The lowest BCUT2D eigenvalue weighted by molar-refractivity contribution is -0.127. The number of ether oxygens (including phenoxy) is 2. The molecule has 1 aromatic heterocycles. The predicted molar refractivity (Wildman–Crippen MR) is 100 cm³/mol. The molecular formula is C19H24N4O4. The highest BCUT2D eigenvalue weighted by molar-refractivity contribution is 5.84. The molecule has 1 atom stereocenters. The molecule has 0 bridgehead atoms. The molecule has 3 N–H and O–H groups in total. The van der Waals surface area contributed by atoms with E-state index < -0.39 is 5.91 Å². The normalized spacial score (nSPS) is 17.6. The number of carbonyl (C=O) groups is 2. The number of methoxy groups -OCH3 is 1. The molecule has 2 amide bonds. The molecule has 2 aromatic rings. The van der Waals surface area contributed by atoms with E-state index in [4.69, 9.17) is 15.2 Å². The number of fused-ring (bicyclic) bond motifs is 1.